The number of hydroxylamine groups is 2. The van der Waals surface area contributed by atoms with Crippen LogP contribution in [0.25, 0.3) is 0 Å². The zero-order valence-electron chi connectivity index (χ0n) is 11.7. The van der Waals surface area contributed by atoms with E-state index in [0.717, 1.165) is 18.5 Å². The van der Waals surface area contributed by atoms with Crippen molar-refractivity contribution >= 4 is 5.91 Å². The summed E-state index contributed by atoms with van der Waals surface area (Å²) in [5.74, 6) is 0.186. The van der Waals surface area contributed by atoms with Gasteiger partial charge in [-0.2, -0.15) is 5.06 Å². The third-order valence-corrected chi connectivity index (χ3v) is 4.20. The van der Waals surface area contributed by atoms with Gasteiger partial charge in [-0.1, -0.05) is 30.3 Å². The number of carbonyl (C=O) groups excluding carboxylic acids is 1. The molecule has 0 aromatic heterocycles. The highest BCUT2D eigenvalue weighted by molar-refractivity contribution is 5.85. The highest BCUT2D eigenvalue weighted by atomic mass is 16.7. The van der Waals surface area contributed by atoms with Crippen molar-refractivity contribution in [3.05, 3.63) is 35.9 Å². The summed E-state index contributed by atoms with van der Waals surface area (Å²) < 4.78 is 0. The van der Waals surface area contributed by atoms with Gasteiger partial charge in [-0.15, -0.1) is 0 Å². The van der Waals surface area contributed by atoms with E-state index < -0.39 is 0 Å². The number of fused-ring (bicyclic) bond motifs is 1. The summed E-state index contributed by atoms with van der Waals surface area (Å²) in [6.07, 6.45) is 0.733. The molecule has 3 rings (SSSR count). The second-order valence-electron chi connectivity index (χ2n) is 5.66. The molecule has 0 bridgehead atoms. The van der Waals surface area contributed by atoms with Crippen LogP contribution in [0, 0.1) is 0 Å². The lowest BCUT2D eigenvalue weighted by molar-refractivity contribution is -0.222. The van der Waals surface area contributed by atoms with E-state index in [4.69, 9.17) is 4.84 Å². The van der Waals surface area contributed by atoms with Crippen LogP contribution in [-0.2, 0) is 9.63 Å². The molecule has 0 N–H and O–H groups in total. The van der Waals surface area contributed by atoms with Crippen LogP contribution in [0.4, 0.5) is 0 Å². The highest BCUT2D eigenvalue weighted by Gasteiger charge is 2.56. The van der Waals surface area contributed by atoms with Crippen molar-refractivity contribution < 1.29 is 9.63 Å². The van der Waals surface area contributed by atoms with Gasteiger partial charge in [-0.05, 0) is 26.3 Å². The smallest absolute Gasteiger partial charge is 0.244 e. The lowest BCUT2D eigenvalue weighted by atomic mass is 10.0. The van der Waals surface area contributed by atoms with Crippen molar-refractivity contribution in [1.82, 2.24) is 9.96 Å². The lowest BCUT2D eigenvalue weighted by Crippen LogP contribution is -2.48. The average molecular weight is 260 g/mol. The van der Waals surface area contributed by atoms with Gasteiger partial charge in [0.05, 0.1) is 0 Å². The molecule has 2 saturated heterocycles. The summed E-state index contributed by atoms with van der Waals surface area (Å²) in [7, 11) is 0. The molecule has 2 heterocycles. The van der Waals surface area contributed by atoms with E-state index in [1.807, 2.05) is 48.9 Å². The van der Waals surface area contributed by atoms with Crippen LogP contribution in [0.5, 0.6) is 0 Å². The van der Waals surface area contributed by atoms with E-state index >= 15 is 0 Å². The molecule has 2 atom stereocenters. The minimum atomic E-state index is -0.361. The molecule has 2 fully saturated rings. The van der Waals surface area contributed by atoms with Crippen molar-refractivity contribution in [2.75, 3.05) is 6.54 Å². The Balaban J connectivity index is 1.86. The number of nitrogens with zero attached hydrogens (tertiary/aromatic N) is 2. The fourth-order valence-electron chi connectivity index (χ4n) is 3.24. The van der Waals surface area contributed by atoms with Gasteiger partial charge >= 0.3 is 0 Å². The monoisotopic (exact) mass is 260 g/mol. The first-order chi connectivity index (χ1) is 9.05. The standard InChI is InChI=1S/C15H20N2O2/c1-4-16-14(18)12-10-13(11-8-6-5-7-9-11)19-17(12)15(16,2)3/h5-9,12-13H,4,10H2,1-3H3. The van der Waals surface area contributed by atoms with Gasteiger partial charge < -0.3 is 4.90 Å². The SMILES string of the molecule is CCN1C(=O)C2CC(c3ccccc3)ON2C1(C)C. The first kappa shape index (κ1) is 12.6. The highest BCUT2D eigenvalue weighted by Crippen LogP contribution is 2.43. The fraction of sp³-hybridized carbons (Fsp3) is 0.533. The number of amides is 1. The van der Waals surface area contributed by atoms with E-state index in [1.54, 1.807) is 0 Å². The van der Waals surface area contributed by atoms with Crippen molar-refractivity contribution in [3.8, 4) is 0 Å². The van der Waals surface area contributed by atoms with E-state index in [0.29, 0.717) is 0 Å². The Hall–Kier alpha value is -1.39. The van der Waals surface area contributed by atoms with Crippen LogP contribution >= 0.6 is 0 Å². The molecule has 0 spiro atoms. The Bertz CT molecular complexity index is 486. The summed E-state index contributed by atoms with van der Waals surface area (Å²) in [6.45, 7) is 6.82. The first-order valence-electron chi connectivity index (χ1n) is 6.88. The van der Waals surface area contributed by atoms with Gasteiger partial charge in [0.25, 0.3) is 0 Å². The summed E-state index contributed by atoms with van der Waals surface area (Å²) in [5, 5.41) is 1.89. The third kappa shape index (κ3) is 1.78. The lowest BCUT2D eigenvalue weighted by Gasteiger charge is -2.36. The van der Waals surface area contributed by atoms with Gasteiger partial charge in [0.1, 0.15) is 17.8 Å². The molecule has 4 heteroatoms. The minimum Gasteiger partial charge on any atom is -0.321 e. The van der Waals surface area contributed by atoms with E-state index in [2.05, 4.69) is 12.1 Å². The molecule has 1 aromatic carbocycles. The third-order valence-electron chi connectivity index (χ3n) is 4.20. The number of benzene rings is 1. The zero-order chi connectivity index (χ0) is 13.6. The van der Waals surface area contributed by atoms with Gasteiger partial charge in [-0.25, -0.2) is 0 Å². The normalized spacial score (nSPS) is 29.8. The molecule has 1 amide bonds. The Morgan fingerprint density at radius 1 is 1.32 bits per heavy atom. The number of likely N-dealkylation sites (N-methyl/N-ethyl adjacent to an activating group) is 1. The van der Waals surface area contributed by atoms with Crippen LogP contribution < -0.4 is 0 Å². The molecule has 0 saturated carbocycles. The van der Waals surface area contributed by atoms with Crippen LogP contribution in [-0.4, -0.2) is 34.1 Å². The number of hydrogen-bond acceptors (Lipinski definition) is 3. The summed E-state index contributed by atoms with van der Waals surface area (Å²) >= 11 is 0. The average Bonchev–Trinajstić information content (AvgIpc) is 2.91. The van der Waals surface area contributed by atoms with Gasteiger partial charge in [-0.3, -0.25) is 9.63 Å². The largest absolute Gasteiger partial charge is 0.321 e. The van der Waals surface area contributed by atoms with E-state index in [9.17, 15) is 4.79 Å². The Labute approximate surface area is 113 Å². The van der Waals surface area contributed by atoms with Crippen molar-refractivity contribution in [3.63, 3.8) is 0 Å². The predicted molar refractivity (Wildman–Crippen MR) is 72.0 cm³/mol. The topological polar surface area (TPSA) is 32.8 Å². The quantitative estimate of drug-likeness (QED) is 0.818. The molecular formula is C15H20N2O2. The van der Waals surface area contributed by atoms with E-state index in [1.165, 1.54) is 0 Å². The molecule has 2 aliphatic heterocycles. The second kappa shape index (κ2) is 4.32. The maximum absolute atomic E-state index is 12.4. The number of hydrogen-bond donors (Lipinski definition) is 0. The van der Waals surface area contributed by atoms with Crippen LogP contribution in [0.3, 0.4) is 0 Å². The first-order valence-corrected chi connectivity index (χ1v) is 6.88. The van der Waals surface area contributed by atoms with Crippen molar-refractivity contribution in [1.29, 1.82) is 0 Å². The maximum Gasteiger partial charge on any atom is 0.244 e. The Kier molecular flexibility index (Phi) is 2.87. The van der Waals surface area contributed by atoms with E-state index in [-0.39, 0.29) is 23.7 Å². The molecule has 1 aromatic rings. The van der Waals surface area contributed by atoms with Gasteiger partial charge in [0, 0.05) is 13.0 Å². The second-order valence-corrected chi connectivity index (χ2v) is 5.66. The zero-order valence-corrected chi connectivity index (χ0v) is 11.7. The molecule has 2 aliphatic rings. The maximum atomic E-state index is 12.4. The molecule has 19 heavy (non-hydrogen) atoms. The molecule has 0 radical (unpaired) electrons. The summed E-state index contributed by atoms with van der Waals surface area (Å²) in [5.41, 5.74) is 0.781. The predicted octanol–water partition coefficient (Wildman–Crippen LogP) is 2.33. The van der Waals surface area contributed by atoms with Crippen LogP contribution in [0.15, 0.2) is 30.3 Å². The summed E-state index contributed by atoms with van der Waals surface area (Å²) in [6, 6.07) is 9.98. The van der Waals surface area contributed by atoms with Gasteiger partial charge in [0.2, 0.25) is 5.91 Å². The fourth-order valence-corrected chi connectivity index (χ4v) is 3.24. The molecular weight excluding hydrogens is 240 g/mol. The van der Waals surface area contributed by atoms with Gasteiger partial charge in [0.15, 0.2) is 0 Å². The number of carbonyl (C=O) groups is 1. The molecule has 0 aliphatic carbocycles. The molecule has 2 unspecified atom stereocenters. The van der Waals surface area contributed by atoms with Crippen LogP contribution in [0.2, 0.25) is 0 Å². The van der Waals surface area contributed by atoms with Crippen molar-refractivity contribution in [2.24, 2.45) is 0 Å². The molecule has 4 nitrogen and oxygen atoms in total. The Morgan fingerprint density at radius 3 is 2.58 bits per heavy atom. The number of rotatable bonds is 2. The summed E-state index contributed by atoms with van der Waals surface area (Å²) in [4.78, 5) is 20.4. The van der Waals surface area contributed by atoms with Crippen LogP contribution in [0.1, 0.15) is 38.9 Å². The Morgan fingerprint density at radius 2 is 2.00 bits per heavy atom. The minimum absolute atomic E-state index is 0.00608. The van der Waals surface area contributed by atoms with Crippen molar-refractivity contribution in [2.45, 2.75) is 45.0 Å². The molecule has 102 valence electrons.